The first-order chi connectivity index (χ1) is 13.6. The molecule has 0 bridgehead atoms. The van der Waals surface area contributed by atoms with Crippen molar-refractivity contribution in [2.75, 3.05) is 31.2 Å². The molecule has 0 saturated carbocycles. The van der Waals surface area contributed by atoms with Crippen molar-refractivity contribution < 1.29 is 17.9 Å². The number of hydrazine groups is 1. The highest BCUT2D eigenvalue weighted by atomic mass is 32.2. The Morgan fingerprint density at radius 1 is 1.03 bits per heavy atom. The fourth-order valence-electron chi connectivity index (χ4n) is 3.37. The van der Waals surface area contributed by atoms with E-state index >= 15 is 0 Å². The van der Waals surface area contributed by atoms with Gasteiger partial charge in [0, 0.05) is 18.5 Å². The van der Waals surface area contributed by atoms with Crippen LogP contribution in [0.2, 0.25) is 0 Å². The first-order valence-electron chi connectivity index (χ1n) is 9.30. The van der Waals surface area contributed by atoms with Gasteiger partial charge in [-0.3, -0.25) is 10.2 Å². The number of nitrogens with zero attached hydrogens (tertiary/aromatic N) is 2. The number of hydrogen-bond acceptors (Lipinski definition) is 7. The van der Waals surface area contributed by atoms with Crippen molar-refractivity contribution in [2.45, 2.75) is 39.5 Å². The van der Waals surface area contributed by atoms with Crippen LogP contribution in [0.5, 0.6) is 0 Å². The molecule has 0 radical (unpaired) electrons. The summed E-state index contributed by atoms with van der Waals surface area (Å²) >= 11 is 1.35. The maximum Gasteiger partial charge on any atom is 0.285 e. The molecule has 1 amide bonds. The molecule has 8 nitrogen and oxygen atoms in total. The van der Waals surface area contributed by atoms with Gasteiger partial charge in [-0.05, 0) is 62.4 Å². The van der Waals surface area contributed by atoms with Crippen molar-refractivity contribution in [3.8, 4) is 0 Å². The minimum atomic E-state index is -3.93. The summed E-state index contributed by atoms with van der Waals surface area (Å²) in [6.07, 6.45) is 0. The Labute approximate surface area is 175 Å². The average molecular weight is 439 g/mol. The molecule has 2 aromatic rings. The zero-order valence-electron chi connectivity index (χ0n) is 17.2. The molecule has 0 atom stereocenters. The van der Waals surface area contributed by atoms with Crippen molar-refractivity contribution in [1.82, 2.24) is 15.2 Å². The second-order valence-corrected chi connectivity index (χ2v) is 9.58. The number of nitrogens with one attached hydrogen (secondary N) is 2. The van der Waals surface area contributed by atoms with E-state index in [1.165, 1.54) is 11.3 Å². The Hall–Kier alpha value is -2.01. The molecule has 1 aliphatic heterocycles. The quantitative estimate of drug-likeness (QED) is 0.694. The monoisotopic (exact) mass is 438 g/mol. The van der Waals surface area contributed by atoms with Gasteiger partial charge in [0.15, 0.2) is 5.13 Å². The Kier molecular flexibility index (Phi) is 6.27. The van der Waals surface area contributed by atoms with Gasteiger partial charge in [0.05, 0.1) is 18.1 Å². The molecule has 1 aliphatic rings. The fraction of sp³-hybridized carbons (Fsp3) is 0.474. The molecule has 0 spiro atoms. The van der Waals surface area contributed by atoms with Gasteiger partial charge in [-0.15, -0.1) is 16.2 Å². The largest absolute Gasteiger partial charge is 0.378 e. The number of rotatable bonds is 5. The number of hydrogen-bond donors (Lipinski definition) is 2. The third kappa shape index (κ3) is 4.30. The second-order valence-electron chi connectivity index (χ2n) is 7.13. The van der Waals surface area contributed by atoms with Gasteiger partial charge in [0.1, 0.15) is 5.69 Å². The van der Waals surface area contributed by atoms with Gasteiger partial charge in [-0.1, -0.05) is 0 Å². The third-order valence-corrected chi connectivity index (χ3v) is 7.93. The van der Waals surface area contributed by atoms with Crippen LogP contribution >= 0.6 is 11.3 Å². The molecule has 0 aliphatic carbocycles. The van der Waals surface area contributed by atoms with Crippen molar-refractivity contribution in [1.29, 1.82) is 0 Å². The molecule has 2 N–H and O–H groups in total. The lowest BCUT2D eigenvalue weighted by molar-refractivity contribution is 0.0940. The van der Waals surface area contributed by atoms with Crippen molar-refractivity contribution in [2.24, 2.45) is 0 Å². The number of aromatic nitrogens is 1. The highest BCUT2D eigenvalue weighted by molar-refractivity contribution is 7.89. The molecule has 29 heavy (non-hydrogen) atoms. The molecule has 1 saturated heterocycles. The van der Waals surface area contributed by atoms with Crippen LogP contribution in [0, 0.1) is 34.6 Å². The smallest absolute Gasteiger partial charge is 0.285 e. The number of ether oxygens (including phenoxy) is 1. The fourth-order valence-corrected chi connectivity index (χ4v) is 5.67. The van der Waals surface area contributed by atoms with Crippen molar-refractivity contribution >= 4 is 32.4 Å². The van der Waals surface area contributed by atoms with Crippen LogP contribution in [0.4, 0.5) is 5.13 Å². The lowest BCUT2D eigenvalue weighted by atomic mass is 9.95. The average Bonchev–Trinajstić information content (AvgIpc) is 3.20. The molecule has 2 heterocycles. The van der Waals surface area contributed by atoms with Crippen LogP contribution < -0.4 is 15.2 Å². The highest BCUT2D eigenvalue weighted by Gasteiger charge is 2.25. The third-order valence-electron chi connectivity index (χ3n) is 5.51. The predicted molar refractivity (Wildman–Crippen MR) is 113 cm³/mol. The van der Waals surface area contributed by atoms with Crippen molar-refractivity contribution in [3.05, 3.63) is 38.9 Å². The van der Waals surface area contributed by atoms with Crippen LogP contribution in [0.1, 0.15) is 38.3 Å². The number of carbonyl (C=O) groups excluding carboxylic acids is 1. The molecule has 10 heteroatoms. The molecule has 1 aromatic heterocycles. The van der Waals surface area contributed by atoms with E-state index in [9.17, 15) is 13.2 Å². The van der Waals surface area contributed by atoms with E-state index in [2.05, 4.69) is 15.2 Å². The summed E-state index contributed by atoms with van der Waals surface area (Å²) in [5.74, 6) is -0.597. The van der Waals surface area contributed by atoms with Crippen LogP contribution in [0.3, 0.4) is 0 Å². The molecule has 3 rings (SSSR count). The zero-order chi connectivity index (χ0) is 21.3. The summed E-state index contributed by atoms with van der Waals surface area (Å²) in [6.45, 7) is 12.0. The molecule has 0 unspecified atom stereocenters. The Morgan fingerprint density at radius 3 is 2.17 bits per heavy atom. The minimum Gasteiger partial charge on any atom is -0.378 e. The highest BCUT2D eigenvalue weighted by Crippen LogP contribution is 2.29. The number of anilines is 1. The molecular formula is C19H26N4O4S2. The standard InChI is InChI=1S/C19H26N4O4S2/c1-11-12(2)14(4)17(15(5)13(11)3)29(25,26)22-21-18(24)16-10-28-19(20-16)23-6-8-27-9-7-23/h10,22H,6-9H2,1-5H3,(H,21,24). The van der Waals surface area contributed by atoms with E-state index < -0.39 is 15.9 Å². The summed E-state index contributed by atoms with van der Waals surface area (Å²) in [5.41, 5.74) is 6.73. The summed E-state index contributed by atoms with van der Waals surface area (Å²) < 4.78 is 31.1. The van der Waals surface area contributed by atoms with Crippen LogP contribution in [0.25, 0.3) is 0 Å². The Balaban J connectivity index is 1.76. The van der Waals surface area contributed by atoms with Crippen molar-refractivity contribution in [3.63, 3.8) is 0 Å². The van der Waals surface area contributed by atoms with Crippen LogP contribution in [-0.2, 0) is 14.8 Å². The first-order valence-corrected chi connectivity index (χ1v) is 11.7. The maximum atomic E-state index is 12.9. The minimum absolute atomic E-state index is 0.170. The van der Waals surface area contributed by atoms with E-state index in [0.717, 1.165) is 21.8 Å². The van der Waals surface area contributed by atoms with Gasteiger partial charge >= 0.3 is 0 Å². The SMILES string of the molecule is Cc1c(C)c(C)c(S(=O)(=O)NNC(=O)c2csc(N3CCOCC3)n2)c(C)c1C. The summed E-state index contributed by atoms with van der Waals surface area (Å²) in [5, 5.41) is 2.34. The van der Waals surface area contributed by atoms with Crippen LogP contribution in [0.15, 0.2) is 10.3 Å². The van der Waals surface area contributed by atoms with E-state index in [-0.39, 0.29) is 10.6 Å². The summed E-state index contributed by atoms with van der Waals surface area (Å²) in [4.78, 5) is 21.2. The first kappa shape index (κ1) is 21.7. The summed E-state index contributed by atoms with van der Waals surface area (Å²) in [6, 6.07) is 0. The lowest BCUT2D eigenvalue weighted by Gasteiger charge is -2.25. The van der Waals surface area contributed by atoms with Gasteiger partial charge in [-0.25, -0.2) is 13.4 Å². The van der Waals surface area contributed by atoms with E-state index in [1.807, 2.05) is 25.7 Å². The van der Waals surface area contributed by atoms with E-state index in [4.69, 9.17) is 4.74 Å². The number of amides is 1. The van der Waals surface area contributed by atoms with Gasteiger partial charge < -0.3 is 9.64 Å². The normalized spacial score (nSPS) is 14.9. The second kappa shape index (κ2) is 8.39. The molecule has 1 fully saturated rings. The van der Waals surface area contributed by atoms with Gasteiger partial charge in [0.2, 0.25) is 0 Å². The molecule has 158 valence electrons. The number of carbonyl (C=O) groups is 1. The number of morpholine rings is 1. The molecular weight excluding hydrogens is 412 g/mol. The predicted octanol–water partition coefficient (Wildman–Crippen LogP) is 2.15. The van der Waals surface area contributed by atoms with E-state index in [0.29, 0.717) is 37.4 Å². The van der Waals surface area contributed by atoms with Gasteiger partial charge in [-0.2, -0.15) is 0 Å². The topological polar surface area (TPSA) is 101 Å². The Bertz CT molecular complexity index is 1010. The lowest BCUT2D eigenvalue weighted by Crippen LogP contribution is -2.42. The number of thiazole rings is 1. The van der Waals surface area contributed by atoms with Gasteiger partial charge in [0.25, 0.3) is 15.9 Å². The maximum absolute atomic E-state index is 12.9. The zero-order valence-corrected chi connectivity index (χ0v) is 18.9. The number of benzene rings is 1. The number of sulfonamides is 1. The summed E-state index contributed by atoms with van der Waals surface area (Å²) in [7, 11) is -3.93. The van der Waals surface area contributed by atoms with Crippen LogP contribution in [-0.4, -0.2) is 45.6 Å². The molecule has 1 aromatic carbocycles. The Morgan fingerprint density at radius 2 is 1.59 bits per heavy atom. The van der Waals surface area contributed by atoms with E-state index in [1.54, 1.807) is 19.2 Å².